The van der Waals surface area contributed by atoms with Crippen LogP contribution >= 0.6 is 27.3 Å². The molecule has 1 fully saturated rings. The Labute approximate surface area is 181 Å². The number of benzene rings is 1. The van der Waals surface area contributed by atoms with Crippen molar-refractivity contribution in [3.63, 3.8) is 0 Å². The molecule has 0 bridgehead atoms. The van der Waals surface area contributed by atoms with Gasteiger partial charge in [-0.2, -0.15) is 0 Å². The minimum Gasteiger partial charge on any atom is -0.341 e. The maximum atomic E-state index is 12.6. The summed E-state index contributed by atoms with van der Waals surface area (Å²) in [6.07, 6.45) is 5.22. The highest BCUT2D eigenvalue weighted by Crippen LogP contribution is 2.33. The second-order valence-corrected chi connectivity index (χ2v) is 9.01. The molecule has 1 aromatic carbocycles. The van der Waals surface area contributed by atoms with Gasteiger partial charge in [-0.1, -0.05) is 28.1 Å². The molecule has 6 nitrogen and oxygen atoms in total. The summed E-state index contributed by atoms with van der Waals surface area (Å²) in [5, 5.41) is 3.17. The lowest BCUT2D eigenvalue weighted by molar-refractivity contribution is -0.132. The van der Waals surface area contributed by atoms with Crippen LogP contribution in [-0.2, 0) is 17.9 Å². The molecule has 3 heterocycles. The van der Waals surface area contributed by atoms with Gasteiger partial charge in [0.15, 0.2) is 0 Å². The Morgan fingerprint density at radius 1 is 1.24 bits per heavy atom. The van der Waals surface area contributed by atoms with E-state index in [1.54, 1.807) is 28.3 Å². The summed E-state index contributed by atoms with van der Waals surface area (Å²) in [6, 6.07) is 8.18. The summed E-state index contributed by atoms with van der Waals surface area (Å²) in [6.45, 7) is 4.05. The standard InChI is InChI=1S/C21H23BrN4O2S/c1-2-24-10-11-26(21(24)28)13-19(27)25-8-6-15(7-9-25)18-14-29-20(23-18)16-4-3-5-17(22)12-16/h3-5,10-12,14-15H,2,6-9,13H2,1H3. The number of halogens is 1. The van der Waals surface area contributed by atoms with Crippen molar-refractivity contribution in [2.75, 3.05) is 13.1 Å². The minimum atomic E-state index is -0.127. The van der Waals surface area contributed by atoms with E-state index in [9.17, 15) is 9.59 Å². The third-order valence-electron chi connectivity index (χ3n) is 5.42. The molecule has 8 heteroatoms. The molecule has 2 aromatic heterocycles. The molecule has 152 valence electrons. The Hall–Kier alpha value is -2.19. The summed E-state index contributed by atoms with van der Waals surface area (Å²) < 4.78 is 4.14. The smallest absolute Gasteiger partial charge is 0.328 e. The van der Waals surface area contributed by atoms with Crippen molar-refractivity contribution in [1.82, 2.24) is 19.0 Å². The number of carbonyl (C=O) groups excluding carboxylic acids is 1. The van der Waals surface area contributed by atoms with E-state index in [2.05, 4.69) is 33.4 Å². The third kappa shape index (κ3) is 4.38. The highest BCUT2D eigenvalue weighted by molar-refractivity contribution is 9.10. The van der Waals surface area contributed by atoms with Gasteiger partial charge < -0.3 is 4.90 Å². The van der Waals surface area contributed by atoms with E-state index >= 15 is 0 Å². The van der Waals surface area contributed by atoms with Crippen LogP contribution in [0.4, 0.5) is 0 Å². The van der Waals surface area contributed by atoms with Crippen LogP contribution < -0.4 is 5.69 Å². The van der Waals surface area contributed by atoms with Crippen LogP contribution in [0.25, 0.3) is 10.6 Å². The Bertz CT molecular complexity index is 1060. The lowest BCUT2D eigenvalue weighted by Gasteiger charge is -2.31. The fraction of sp³-hybridized carbons (Fsp3) is 0.381. The van der Waals surface area contributed by atoms with Gasteiger partial charge in [-0.15, -0.1) is 11.3 Å². The van der Waals surface area contributed by atoms with Crippen LogP contribution in [0.3, 0.4) is 0 Å². The lowest BCUT2D eigenvalue weighted by atomic mass is 9.94. The Morgan fingerprint density at radius 3 is 2.69 bits per heavy atom. The number of thiazole rings is 1. The predicted molar refractivity (Wildman–Crippen MR) is 118 cm³/mol. The highest BCUT2D eigenvalue weighted by Gasteiger charge is 2.26. The Balaban J connectivity index is 1.36. The number of carbonyl (C=O) groups is 1. The maximum Gasteiger partial charge on any atom is 0.328 e. The van der Waals surface area contributed by atoms with Crippen molar-refractivity contribution in [2.45, 2.75) is 38.8 Å². The maximum absolute atomic E-state index is 12.6. The number of aromatic nitrogens is 3. The lowest BCUT2D eigenvalue weighted by Crippen LogP contribution is -2.41. The van der Waals surface area contributed by atoms with Crippen LogP contribution in [0.1, 0.15) is 31.4 Å². The zero-order chi connectivity index (χ0) is 20.4. The van der Waals surface area contributed by atoms with Gasteiger partial charge in [-0.3, -0.25) is 13.9 Å². The quantitative estimate of drug-likeness (QED) is 0.562. The van der Waals surface area contributed by atoms with Crippen molar-refractivity contribution in [3.05, 3.63) is 62.7 Å². The summed E-state index contributed by atoms with van der Waals surface area (Å²) in [4.78, 5) is 31.5. The minimum absolute atomic E-state index is 0.00695. The number of nitrogens with zero attached hydrogens (tertiary/aromatic N) is 4. The molecule has 0 radical (unpaired) electrons. The van der Waals surface area contributed by atoms with E-state index in [4.69, 9.17) is 4.98 Å². The molecular formula is C21H23BrN4O2S. The van der Waals surface area contributed by atoms with Crippen LogP contribution in [0.5, 0.6) is 0 Å². The molecule has 0 spiro atoms. The molecule has 0 saturated carbocycles. The number of piperidine rings is 1. The van der Waals surface area contributed by atoms with Gasteiger partial charge in [0.05, 0.1) is 5.69 Å². The van der Waals surface area contributed by atoms with E-state index < -0.39 is 0 Å². The predicted octanol–water partition coefficient (Wildman–Crippen LogP) is 3.96. The summed E-state index contributed by atoms with van der Waals surface area (Å²) in [5.74, 6) is 0.382. The molecule has 4 rings (SSSR count). The van der Waals surface area contributed by atoms with Gasteiger partial charge in [0.2, 0.25) is 5.91 Å². The Kier molecular flexibility index (Phi) is 6.01. The SMILES string of the molecule is CCn1ccn(CC(=O)N2CCC(c3csc(-c4cccc(Br)c4)n3)CC2)c1=O. The summed E-state index contributed by atoms with van der Waals surface area (Å²) in [5.41, 5.74) is 2.11. The average Bonchev–Trinajstić information content (AvgIpc) is 3.36. The third-order valence-corrected chi connectivity index (χ3v) is 6.83. The van der Waals surface area contributed by atoms with Crippen molar-refractivity contribution in [1.29, 1.82) is 0 Å². The van der Waals surface area contributed by atoms with E-state index in [-0.39, 0.29) is 18.1 Å². The van der Waals surface area contributed by atoms with Crippen molar-refractivity contribution < 1.29 is 4.79 Å². The molecule has 3 aromatic rings. The van der Waals surface area contributed by atoms with Gasteiger partial charge in [0.25, 0.3) is 0 Å². The monoisotopic (exact) mass is 474 g/mol. The van der Waals surface area contributed by atoms with Crippen molar-refractivity contribution >= 4 is 33.2 Å². The number of amides is 1. The number of imidazole rings is 1. The molecule has 1 amide bonds. The fourth-order valence-corrected chi connectivity index (χ4v) is 5.01. The van der Waals surface area contributed by atoms with Gasteiger partial charge >= 0.3 is 5.69 Å². The number of likely N-dealkylation sites (tertiary alicyclic amines) is 1. The van der Waals surface area contributed by atoms with Crippen LogP contribution in [-0.4, -0.2) is 38.0 Å². The van der Waals surface area contributed by atoms with E-state index in [1.807, 2.05) is 24.0 Å². The fourth-order valence-electron chi connectivity index (χ4n) is 3.71. The first-order valence-electron chi connectivity index (χ1n) is 9.80. The molecule has 1 saturated heterocycles. The molecular weight excluding hydrogens is 452 g/mol. The van der Waals surface area contributed by atoms with Crippen LogP contribution in [0.15, 0.2) is 51.3 Å². The van der Waals surface area contributed by atoms with Gasteiger partial charge in [-0.05, 0) is 31.9 Å². The highest BCUT2D eigenvalue weighted by atomic mass is 79.9. The molecule has 1 aliphatic heterocycles. The van der Waals surface area contributed by atoms with E-state index in [0.717, 1.165) is 33.6 Å². The second kappa shape index (κ2) is 8.67. The molecule has 0 aliphatic carbocycles. The topological polar surface area (TPSA) is 60.1 Å². The molecule has 0 atom stereocenters. The Morgan fingerprint density at radius 2 is 2.00 bits per heavy atom. The van der Waals surface area contributed by atoms with Crippen LogP contribution in [0, 0.1) is 0 Å². The van der Waals surface area contributed by atoms with Crippen molar-refractivity contribution in [2.24, 2.45) is 0 Å². The van der Waals surface area contributed by atoms with Crippen molar-refractivity contribution in [3.8, 4) is 10.6 Å². The zero-order valence-electron chi connectivity index (χ0n) is 16.3. The number of rotatable bonds is 5. The van der Waals surface area contributed by atoms with Gasteiger partial charge in [0, 0.05) is 53.4 Å². The second-order valence-electron chi connectivity index (χ2n) is 7.24. The first kappa shape index (κ1) is 20.1. The zero-order valence-corrected chi connectivity index (χ0v) is 18.7. The number of aryl methyl sites for hydroxylation is 1. The summed E-state index contributed by atoms with van der Waals surface area (Å²) >= 11 is 5.18. The first-order chi connectivity index (χ1) is 14.0. The first-order valence-corrected chi connectivity index (χ1v) is 11.5. The molecule has 29 heavy (non-hydrogen) atoms. The van der Waals surface area contributed by atoms with E-state index in [0.29, 0.717) is 25.6 Å². The molecule has 1 aliphatic rings. The largest absolute Gasteiger partial charge is 0.341 e. The molecule has 0 unspecified atom stereocenters. The van der Waals surface area contributed by atoms with E-state index in [1.165, 1.54) is 4.57 Å². The number of hydrogen-bond donors (Lipinski definition) is 0. The van der Waals surface area contributed by atoms with Gasteiger partial charge in [0.1, 0.15) is 11.6 Å². The number of hydrogen-bond acceptors (Lipinski definition) is 4. The van der Waals surface area contributed by atoms with Gasteiger partial charge in [-0.25, -0.2) is 9.78 Å². The summed E-state index contributed by atoms with van der Waals surface area (Å²) in [7, 11) is 0. The average molecular weight is 475 g/mol. The normalized spacial score (nSPS) is 15.0. The molecule has 0 N–H and O–H groups in total. The van der Waals surface area contributed by atoms with Crippen LogP contribution in [0.2, 0.25) is 0 Å².